The molecule has 32 heavy (non-hydrogen) atoms. The van der Waals surface area contributed by atoms with Gasteiger partial charge in [0.15, 0.2) is 0 Å². The summed E-state index contributed by atoms with van der Waals surface area (Å²) in [6.45, 7) is 8.10. The van der Waals surface area contributed by atoms with Gasteiger partial charge in [-0.05, 0) is 57.0 Å². The van der Waals surface area contributed by atoms with E-state index >= 15 is 0 Å². The Morgan fingerprint density at radius 1 is 1.19 bits per heavy atom. The number of furan rings is 1. The van der Waals surface area contributed by atoms with Crippen molar-refractivity contribution in [3.8, 4) is 0 Å². The first-order chi connectivity index (χ1) is 15.1. The van der Waals surface area contributed by atoms with Gasteiger partial charge in [-0.15, -0.1) is 0 Å². The Morgan fingerprint density at radius 3 is 2.50 bits per heavy atom. The fourth-order valence-electron chi connectivity index (χ4n) is 3.32. The molecule has 2 amide bonds. The summed E-state index contributed by atoms with van der Waals surface area (Å²) in [6, 6.07) is 10.7. The minimum Gasteiger partial charge on any atom is -0.467 e. The van der Waals surface area contributed by atoms with Crippen LogP contribution in [0.1, 0.15) is 56.1 Å². The number of amides is 2. The smallest absolute Gasteiger partial charge is 0.318 e. The Labute approximate surface area is 192 Å². The maximum atomic E-state index is 12.9. The first-order valence-electron chi connectivity index (χ1n) is 10.6. The highest BCUT2D eigenvalue weighted by Gasteiger charge is 2.22. The molecule has 0 fully saturated rings. The first kappa shape index (κ1) is 23.6. The van der Waals surface area contributed by atoms with Crippen LogP contribution < -0.4 is 10.9 Å². The van der Waals surface area contributed by atoms with Crippen molar-refractivity contribution in [2.45, 2.75) is 59.2 Å². The van der Waals surface area contributed by atoms with E-state index in [-0.39, 0.29) is 24.7 Å². The lowest BCUT2D eigenvalue weighted by atomic mass is 10.0. The van der Waals surface area contributed by atoms with E-state index in [1.165, 1.54) is 0 Å². The van der Waals surface area contributed by atoms with Crippen molar-refractivity contribution in [2.24, 2.45) is 0 Å². The molecule has 0 bridgehead atoms. The maximum absolute atomic E-state index is 12.9. The van der Waals surface area contributed by atoms with Gasteiger partial charge in [-0.25, -0.2) is 9.78 Å². The summed E-state index contributed by atoms with van der Waals surface area (Å²) in [5.41, 5.74) is 1.71. The van der Waals surface area contributed by atoms with E-state index in [9.17, 15) is 9.59 Å². The van der Waals surface area contributed by atoms with Gasteiger partial charge in [-0.1, -0.05) is 30.7 Å². The fraction of sp³-hybridized carbons (Fsp3) is 0.375. The highest BCUT2D eigenvalue weighted by molar-refractivity contribution is 6.30. The zero-order chi connectivity index (χ0) is 23.3. The van der Waals surface area contributed by atoms with Crippen LogP contribution >= 0.6 is 11.6 Å². The second-order valence-electron chi connectivity index (χ2n) is 8.71. The number of aromatic nitrogens is 2. The third-order valence-corrected chi connectivity index (χ3v) is 5.07. The number of carbonyl (C=O) groups excluding carboxylic acids is 1. The molecule has 3 rings (SSSR count). The minimum atomic E-state index is -0.406. The molecular formula is C24H29ClN4O3. The number of aryl methyl sites for hydroxylation is 1. The number of H-pyrrole nitrogens is 1. The van der Waals surface area contributed by atoms with E-state index in [1.54, 1.807) is 35.4 Å². The van der Waals surface area contributed by atoms with Gasteiger partial charge in [0.2, 0.25) is 0 Å². The molecule has 0 radical (unpaired) electrons. The average molecular weight is 457 g/mol. The van der Waals surface area contributed by atoms with Gasteiger partial charge in [0.05, 0.1) is 25.0 Å². The molecule has 3 aromatic rings. The van der Waals surface area contributed by atoms with Crippen molar-refractivity contribution in [3.63, 3.8) is 0 Å². The predicted octanol–water partition coefficient (Wildman–Crippen LogP) is 4.68. The van der Waals surface area contributed by atoms with E-state index in [4.69, 9.17) is 16.0 Å². The largest absolute Gasteiger partial charge is 0.467 e. The van der Waals surface area contributed by atoms with Crippen molar-refractivity contribution in [1.29, 1.82) is 0 Å². The fourth-order valence-corrected chi connectivity index (χ4v) is 3.45. The van der Waals surface area contributed by atoms with E-state index in [2.05, 4.69) is 15.3 Å². The molecule has 2 heterocycles. The zero-order valence-electron chi connectivity index (χ0n) is 18.9. The number of rotatable bonds is 7. The molecule has 0 atom stereocenters. The van der Waals surface area contributed by atoms with Crippen LogP contribution in [-0.4, -0.2) is 26.4 Å². The van der Waals surface area contributed by atoms with Crippen LogP contribution in [-0.2, 0) is 25.9 Å². The van der Waals surface area contributed by atoms with Crippen molar-refractivity contribution >= 4 is 17.6 Å². The number of halogens is 1. The van der Waals surface area contributed by atoms with Crippen LogP contribution in [0, 0.1) is 0 Å². The summed E-state index contributed by atoms with van der Waals surface area (Å²) in [5, 5.41) is 3.61. The Kier molecular flexibility index (Phi) is 7.40. The van der Waals surface area contributed by atoms with Gasteiger partial charge in [-0.3, -0.25) is 4.79 Å². The van der Waals surface area contributed by atoms with Gasteiger partial charge in [0.1, 0.15) is 11.6 Å². The summed E-state index contributed by atoms with van der Waals surface area (Å²) < 4.78 is 5.42. The lowest BCUT2D eigenvalue weighted by Gasteiger charge is -2.27. The summed E-state index contributed by atoms with van der Waals surface area (Å²) in [4.78, 5) is 35.0. The van der Waals surface area contributed by atoms with Crippen LogP contribution in [0.4, 0.5) is 4.79 Å². The number of benzene rings is 1. The van der Waals surface area contributed by atoms with E-state index < -0.39 is 5.54 Å². The van der Waals surface area contributed by atoms with Crippen LogP contribution in [0.15, 0.2) is 51.9 Å². The van der Waals surface area contributed by atoms with Crippen molar-refractivity contribution < 1.29 is 9.21 Å². The number of aromatic amines is 1. The third kappa shape index (κ3) is 6.47. The standard InChI is InChI=1S/C24H29ClN4O3/c1-5-20-19(13-16-8-10-17(25)11-9-16)22(30)27-21(26-20)15-29(14-18-7-6-12-32-18)23(31)28-24(2,3)4/h6-12H,5,13-15H2,1-4H3,(H,28,31)(H,26,27,30). The van der Waals surface area contributed by atoms with Crippen LogP contribution in [0.2, 0.25) is 5.02 Å². The zero-order valence-corrected chi connectivity index (χ0v) is 19.6. The highest BCUT2D eigenvalue weighted by Crippen LogP contribution is 2.15. The molecule has 0 spiro atoms. The highest BCUT2D eigenvalue weighted by atomic mass is 35.5. The van der Waals surface area contributed by atoms with Crippen LogP contribution in [0.3, 0.4) is 0 Å². The number of carbonyl (C=O) groups is 1. The molecular weight excluding hydrogens is 428 g/mol. The number of hydrogen-bond acceptors (Lipinski definition) is 4. The summed E-state index contributed by atoms with van der Waals surface area (Å²) in [6.07, 6.45) is 2.63. The summed E-state index contributed by atoms with van der Waals surface area (Å²) >= 11 is 5.97. The Balaban J connectivity index is 1.87. The molecule has 0 aliphatic carbocycles. The number of hydrogen-bond donors (Lipinski definition) is 2. The van der Waals surface area contributed by atoms with Crippen molar-refractivity contribution in [1.82, 2.24) is 20.2 Å². The predicted molar refractivity (Wildman–Crippen MR) is 125 cm³/mol. The number of urea groups is 1. The van der Waals surface area contributed by atoms with Gasteiger partial charge < -0.3 is 19.6 Å². The lowest BCUT2D eigenvalue weighted by molar-refractivity contribution is 0.176. The van der Waals surface area contributed by atoms with E-state index in [0.717, 1.165) is 5.56 Å². The Bertz CT molecular complexity index is 1100. The normalized spacial score (nSPS) is 11.4. The monoisotopic (exact) mass is 456 g/mol. The second-order valence-corrected chi connectivity index (χ2v) is 9.15. The van der Waals surface area contributed by atoms with Crippen molar-refractivity contribution in [3.05, 3.63) is 86.4 Å². The SMILES string of the molecule is CCc1nc(CN(Cc2ccco2)C(=O)NC(C)(C)C)[nH]c(=O)c1Cc1ccc(Cl)cc1. The maximum Gasteiger partial charge on any atom is 0.318 e. The average Bonchev–Trinajstić information content (AvgIpc) is 3.22. The second kappa shape index (κ2) is 10.0. The topological polar surface area (TPSA) is 91.2 Å². The number of nitrogens with one attached hydrogen (secondary N) is 2. The van der Waals surface area contributed by atoms with Crippen LogP contribution in [0.5, 0.6) is 0 Å². The van der Waals surface area contributed by atoms with E-state index in [1.807, 2.05) is 39.8 Å². The third-order valence-electron chi connectivity index (χ3n) is 4.82. The molecule has 2 N–H and O–H groups in total. The first-order valence-corrected chi connectivity index (χ1v) is 11.0. The number of nitrogens with zero attached hydrogens (tertiary/aromatic N) is 2. The van der Waals surface area contributed by atoms with Gasteiger partial charge >= 0.3 is 6.03 Å². The van der Waals surface area contributed by atoms with Crippen molar-refractivity contribution in [2.75, 3.05) is 0 Å². The van der Waals surface area contributed by atoms with Crippen LogP contribution in [0.25, 0.3) is 0 Å². The Hall–Kier alpha value is -3.06. The molecule has 170 valence electrons. The molecule has 0 saturated heterocycles. The molecule has 8 heteroatoms. The van der Waals surface area contributed by atoms with Gasteiger partial charge in [-0.2, -0.15) is 0 Å². The summed E-state index contributed by atoms with van der Waals surface area (Å²) in [7, 11) is 0. The molecule has 1 aromatic carbocycles. The molecule has 7 nitrogen and oxygen atoms in total. The molecule has 0 aliphatic rings. The lowest BCUT2D eigenvalue weighted by Crippen LogP contribution is -2.48. The summed E-state index contributed by atoms with van der Waals surface area (Å²) in [5.74, 6) is 1.08. The van der Waals surface area contributed by atoms with Gasteiger partial charge in [0.25, 0.3) is 5.56 Å². The molecule has 2 aromatic heterocycles. The Morgan fingerprint density at radius 2 is 1.91 bits per heavy atom. The molecule has 0 aliphatic heterocycles. The molecule has 0 saturated carbocycles. The van der Waals surface area contributed by atoms with Gasteiger partial charge in [0, 0.05) is 22.5 Å². The minimum absolute atomic E-state index is 0.145. The van der Waals surface area contributed by atoms with E-state index in [0.29, 0.717) is 40.7 Å². The molecule has 0 unspecified atom stereocenters. The quantitative estimate of drug-likeness (QED) is 0.540.